The number of aliphatic hydroxyl groups is 5. The van der Waals surface area contributed by atoms with Crippen molar-refractivity contribution in [3.8, 4) is 5.75 Å². The van der Waals surface area contributed by atoms with E-state index in [1.54, 1.807) is 37.3 Å². The summed E-state index contributed by atoms with van der Waals surface area (Å²) in [6, 6.07) is 6.90. The molecule has 1 unspecified atom stereocenters. The average molecular weight is 753 g/mol. The summed E-state index contributed by atoms with van der Waals surface area (Å²) in [6.45, 7) is 2.64. The van der Waals surface area contributed by atoms with Crippen molar-refractivity contribution < 1.29 is 87.3 Å². The normalized spacial score (nSPS) is 41.5. The zero-order chi connectivity index (χ0) is 38.2. The number of hydrogen-bond acceptors (Lipinski definition) is 18. The second-order valence-electron chi connectivity index (χ2n) is 13.4. The molecule has 4 aliphatic heterocycles. The van der Waals surface area contributed by atoms with Crippen LogP contribution in [-0.2, 0) is 57.0 Å². The molecule has 1 aliphatic carbocycles. The summed E-state index contributed by atoms with van der Waals surface area (Å²) in [5.74, 6) is -3.13. The van der Waals surface area contributed by atoms with Gasteiger partial charge in [-0.05, 0) is 36.8 Å². The van der Waals surface area contributed by atoms with Gasteiger partial charge < -0.3 is 72.9 Å². The van der Waals surface area contributed by atoms with Gasteiger partial charge in [0.05, 0.1) is 44.7 Å². The third kappa shape index (κ3) is 7.79. The summed E-state index contributed by atoms with van der Waals surface area (Å²) < 4.78 is 57.8. The number of benzene rings is 1. The predicted octanol–water partition coefficient (Wildman–Crippen LogP) is -1.32. The van der Waals surface area contributed by atoms with E-state index in [9.17, 15) is 39.9 Å². The monoisotopic (exact) mass is 752 g/mol. The molecule has 18 nitrogen and oxygen atoms in total. The molecule has 4 fully saturated rings. The van der Waals surface area contributed by atoms with Crippen molar-refractivity contribution in [3.05, 3.63) is 48.2 Å². The van der Waals surface area contributed by atoms with Crippen molar-refractivity contribution in [2.24, 2.45) is 11.8 Å². The fourth-order valence-corrected chi connectivity index (χ4v) is 7.41. The minimum absolute atomic E-state index is 0.516. The van der Waals surface area contributed by atoms with Crippen molar-refractivity contribution >= 4 is 24.0 Å². The van der Waals surface area contributed by atoms with Crippen LogP contribution in [0, 0.1) is 11.8 Å². The molecule has 3 saturated heterocycles. The molecule has 6 rings (SSSR count). The molecule has 53 heavy (non-hydrogen) atoms. The Hall–Kier alpha value is -3.69. The van der Waals surface area contributed by atoms with Crippen LogP contribution < -0.4 is 4.74 Å². The minimum Gasteiger partial charge on any atom is -0.497 e. The molecule has 0 amide bonds. The standard InChI is InChI=1S/C35H44O18/c1-15-27(50-22(40)10-7-18-5-8-19(44-4)9-6-18)29(47-16(2)38)30(48-17(3)39)34(46-15)51-28-20-11-12-45-32(23(20)35(14-37)31(28)53-35)52-33-26(43)25(42)24(41)21(13-36)49-33/h5-12,15,20-21,23-34,36-37,41-43H,13-14H2,1-4H3/b10-7+/t15-,20+,21+,23?,24+,25-,26+,27-,28-,29+,30+,31-,32-,33-,34-,35+/m0/s1. The summed E-state index contributed by atoms with van der Waals surface area (Å²) in [4.78, 5) is 37.8. The highest BCUT2D eigenvalue weighted by Gasteiger charge is 2.77. The highest BCUT2D eigenvalue weighted by Crippen LogP contribution is 2.61. The van der Waals surface area contributed by atoms with Crippen molar-refractivity contribution in [3.63, 3.8) is 0 Å². The minimum atomic E-state index is -1.73. The van der Waals surface area contributed by atoms with Gasteiger partial charge in [0.15, 0.2) is 30.9 Å². The Labute approximate surface area is 303 Å². The summed E-state index contributed by atoms with van der Waals surface area (Å²) in [5.41, 5.74) is -0.600. The van der Waals surface area contributed by atoms with Crippen molar-refractivity contribution in [2.45, 2.75) is 106 Å². The number of ether oxygens (including phenoxy) is 10. The third-order valence-electron chi connectivity index (χ3n) is 10.0. The SMILES string of the molecule is COc1ccc(/C=C/C(=O)O[C@@H]2[C@@H](OC(C)=O)[C@@H](OC(C)=O)[C@H](O[C@H]3[C@@H]4C=CO[C@@H](O[C@@H]5O[C@H](CO)[C@@H](O)[C@H](O)[C@H]5O)C4[C@@]4(CO)O[C@@H]34)O[C@H]2C)cc1. The van der Waals surface area contributed by atoms with Gasteiger partial charge in [-0.3, -0.25) is 9.59 Å². The third-order valence-corrected chi connectivity index (χ3v) is 10.0. The lowest BCUT2D eigenvalue weighted by atomic mass is 9.85. The van der Waals surface area contributed by atoms with Gasteiger partial charge in [0, 0.05) is 25.8 Å². The number of carbonyl (C=O) groups excluding carboxylic acids is 3. The van der Waals surface area contributed by atoms with Crippen LogP contribution in [0.3, 0.4) is 0 Å². The van der Waals surface area contributed by atoms with Crippen LogP contribution in [0.1, 0.15) is 26.3 Å². The molecule has 1 saturated carbocycles. The zero-order valence-electron chi connectivity index (χ0n) is 29.2. The van der Waals surface area contributed by atoms with E-state index in [1.165, 1.54) is 25.5 Å². The van der Waals surface area contributed by atoms with Gasteiger partial charge in [0.2, 0.25) is 6.29 Å². The summed E-state index contributed by atoms with van der Waals surface area (Å²) in [5, 5.41) is 51.2. The Balaban J connectivity index is 1.21. The van der Waals surface area contributed by atoms with Gasteiger partial charge in [-0.15, -0.1) is 0 Å². The van der Waals surface area contributed by atoms with Crippen LogP contribution in [0.15, 0.2) is 42.7 Å². The number of epoxide rings is 1. The Bertz CT molecular complexity index is 1530. The number of aliphatic hydroxyl groups excluding tert-OH is 5. The molecule has 1 aromatic rings. The van der Waals surface area contributed by atoms with E-state index >= 15 is 0 Å². The van der Waals surface area contributed by atoms with Crippen molar-refractivity contribution in [1.82, 2.24) is 0 Å². The van der Waals surface area contributed by atoms with Crippen LogP contribution >= 0.6 is 0 Å². The molecule has 0 spiro atoms. The molecule has 0 aromatic heterocycles. The molecular weight excluding hydrogens is 708 g/mol. The number of rotatable bonds is 12. The molecule has 292 valence electrons. The van der Waals surface area contributed by atoms with Crippen LogP contribution in [0.5, 0.6) is 5.75 Å². The van der Waals surface area contributed by atoms with Gasteiger partial charge in [0.25, 0.3) is 0 Å². The molecular formula is C35H44O18. The van der Waals surface area contributed by atoms with Crippen LogP contribution in [0.2, 0.25) is 0 Å². The highest BCUT2D eigenvalue weighted by molar-refractivity contribution is 5.87. The van der Waals surface area contributed by atoms with Gasteiger partial charge >= 0.3 is 17.9 Å². The molecule has 16 atom stereocenters. The topological polar surface area (TPSA) is 248 Å². The number of esters is 3. The summed E-state index contributed by atoms with van der Waals surface area (Å²) in [6.07, 6.45) is -11.6. The first-order valence-electron chi connectivity index (χ1n) is 17.1. The Morgan fingerprint density at radius 3 is 2.17 bits per heavy atom. The lowest BCUT2D eigenvalue weighted by Gasteiger charge is -2.45. The molecule has 0 bridgehead atoms. The first-order chi connectivity index (χ1) is 25.3. The molecule has 4 heterocycles. The van der Waals surface area contributed by atoms with E-state index < -0.39 is 128 Å². The first kappa shape index (κ1) is 39.0. The molecule has 5 N–H and O–H groups in total. The van der Waals surface area contributed by atoms with Gasteiger partial charge in [-0.25, -0.2) is 4.79 Å². The van der Waals surface area contributed by atoms with E-state index in [2.05, 4.69) is 0 Å². The molecule has 5 aliphatic rings. The first-order valence-corrected chi connectivity index (χ1v) is 17.1. The summed E-state index contributed by atoms with van der Waals surface area (Å²) >= 11 is 0. The van der Waals surface area contributed by atoms with E-state index in [4.69, 9.17) is 47.4 Å². The number of hydrogen-bond donors (Lipinski definition) is 5. The van der Waals surface area contributed by atoms with E-state index in [0.29, 0.717) is 11.3 Å². The Morgan fingerprint density at radius 1 is 0.830 bits per heavy atom. The lowest BCUT2D eigenvalue weighted by Crippen LogP contribution is -2.62. The summed E-state index contributed by atoms with van der Waals surface area (Å²) in [7, 11) is 1.53. The average Bonchev–Trinajstić information content (AvgIpc) is 3.81. The van der Waals surface area contributed by atoms with Gasteiger partial charge in [-0.1, -0.05) is 12.1 Å². The Kier molecular flexibility index (Phi) is 11.7. The second kappa shape index (κ2) is 16.0. The fraction of sp³-hybridized carbons (Fsp3) is 0.629. The molecule has 0 radical (unpaired) electrons. The maximum Gasteiger partial charge on any atom is 0.331 e. The smallest absolute Gasteiger partial charge is 0.331 e. The number of methoxy groups -OCH3 is 1. The van der Waals surface area contributed by atoms with Gasteiger partial charge in [-0.2, -0.15) is 0 Å². The quantitative estimate of drug-likeness (QED) is 0.0719. The zero-order valence-corrected chi connectivity index (χ0v) is 29.2. The van der Waals surface area contributed by atoms with Crippen LogP contribution in [0.25, 0.3) is 6.08 Å². The van der Waals surface area contributed by atoms with Gasteiger partial charge in [0.1, 0.15) is 41.9 Å². The molecule has 1 aromatic carbocycles. The fourth-order valence-electron chi connectivity index (χ4n) is 7.41. The van der Waals surface area contributed by atoms with Crippen LogP contribution in [-0.4, -0.2) is 149 Å². The maximum absolute atomic E-state index is 13.0. The van der Waals surface area contributed by atoms with Crippen molar-refractivity contribution in [1.29, 1.82) is 0 Å². The second-order valence-corrected chi connectivity index (χ2v) is 13.4. The number of fused-ring (bicyclic) bond motifs is 3. The van der Waals surface area contributed by atoms with Crippen molar-refractivity contribution in [2.75, 3.05) is 20.3 Å². The molecule has 18 heteroatoms. The highest BCUT2D eigenvalue weighted by atomic mass is 16.8. The predicted molar refractivity (Wildman–Crippen MR) is 173 cm³/mol. The van der Waals surface area contributed by atoms with E-state index in [1.807, 2.05) is 0 Å². The lowest BCUT2D eigenvalue weighted by molar-refractivity contribution is -0.347. The number of carbonyl (C=O) groups is 3. The van der Waals surface area contributed by atoms with Crippen LogP contribution in [0.4, 0.5) is 0 Å². The largest absolute Gasteiger partial charge is 0.497 e. The maximum atomic E-state index is 13.0. The Morgan fingerprint density at radius 2 is 1.53 bits per heavy atom. The van der Waals surface area contributed by atoms with E-state index in [-0.39, 0.29) is 0 Å². The van der Waals surface area contributed by atoms with E-state index in [0.717, 1.165) is 13.8 Å².